The first-order valence-corrected chi connectivity index (χ1v) is 34.2. The van der Waals surface area contributed by atoms with Crippen LogP contribution in [0.3, 0.4) is 0 Å². The molecule has 0 spiro atoms. The van der Waals surface area contributed by atoms with Gasteiger partial charge in [0.25, 0.3) is 6.71 Å². The lowest BCUT2D eigenvalue weighted by atomic mass is 9.33. The van der Waals surface area contributed by atoms with Gasteiger partial charge < -0.3 is 18.9 Å². The normalized spacial score (nSPS) is 12.9. The summed E-state index contributed by atoms with van der Waals surface area (Å²) in [7, 11) is 0. The summed E-state index contributed by atoms with van der Waals surface area (Å²) in [5.41, 5.74) is 33.0. The molecule has 2 aliphatic rings. The fourth-order valence-corrected chi connectivity index (χ4v) is 15.8. The predicted molar refractivity (Wildman–Crippen MR) is 412 cm³/mol. The molecule has 0 unspecified atom stereocenters. The van der Waals surface area contributed by atoms with Crippen LogP contribution in [0.15, 0.2) is 279 Å². The minimum atomic E-state index is -0.207. The number of hydrogen-bond donors (Lipinski definition) is 0. The number of aryl methyl sites for hydroxylation is 2. The summed E-state index contributed by atoms with van der Waals surface area (Å²) in [6.07, 6.45) is 0. The van der Waals surface area contributed by atoms with Crippen molar-refractivity contribution in [2.45, 2.75) is 86.0 Å². The van der Waals surface area contributed by atoms with Gasteiger partial charge in [0.1, 0.15) is 0 Å². The van der Waals surface area contributed by atoms with E-state index < -0.39 is 0 Å². The van der Waals surface area contributed by atoms with Crippen LogP contribution in [0.1, 0.15) is 89.1 Å². The topological polar surface area (TPSA) is 16.3 Å². The SMILES string of the molecule is Cc1ccc2c(c1)c1ccccc1n2-c1ccc2c(c1)N(c1c(-c3ccccc3)cc(C(C)(C)C)cc1-c1ccccc1)c1cc(C(C)C)cc3c1B2c1ccc(-n2c4ccccc4c4cc(C)ccc42)cc1N3c1c(-c2ccccc2)cc(C(C)(C)C)cc1-c1ccccc1. The average Bonchev–Trinajstić information content (AvgIpc) is 0.776. The van der Waals surface area contributed by atoms with Crippen LogP contribution in [0.2, 0.25) is 0 Å². The molecule has 96 heavy (non-hydrogen) atoms. The molecular weight excluding hydrogens is 1160 g/mol. The highest BCUT2D eigenvalue weighted by molar-refractivity contribution is 7.00. The zero-order valence-electron chi connectivity index (χ0n) is 56.5. The minimum Gasteiger partial charge on any atom is -0.310 e. The summed E-state index contributed by atoms with van der Waals surface area (Å²) in [6.45, 7) is 23.1. The molecule has 2 aliphatic heterocycles. The standard InChI is InChI=1S/C91H77BN4/c1-57(2)64-49-85-87-86(50-64)96(89-73(62-31-19-13-20-32-62)53-66(91(8,9)10)54-74(89)63-33-21-14-22-34-63)84-56-68(94-80-38-26-24-36-70(80)76-48-59(4)40-46-82(76)94)42-44-78(84)92(87)77-43-41-67(93-79-37-25-23-35-69(79)75-47-58(3)39-45-81(75)93)55-83(77)95(85)88-71(60-27-15-11-16-28-60)51-65(90(5,6)7)52-72(88)61-29-17-12-18-30-61/h11-57H,1-10H3. The van der Waals surface area contributed by atoms with Gasteiger partial charge in [-0.15, -0.1) is 0 Å². The van der Waals surface area contributed by atoms with Crippen molar-refractivity contribution < 1.29 is 0 Å². The van der Waals surface area contributed by atoms with Gasteiger partial charge in [0.05, 0.1) is 33.4 Å². The summed E-state index contributed by atoms with van der Waals surface area (Å²) in [5.74, 6) is 0.146. The molecular formula is C91H77BN4. The molecule has 2 aromatic heterocycles. The Kier molecular flexibility index (Phi) is 13.7. The highest BCUT2D eigenvalue weighted by Gasteiger charge is 2.46. The number of anilines is 6. The van der Waals surface area contributed by atoms with Gasteiger partial charge in [-0.3, -0.25) is 0 Å². The molecule has 0 saturated carbocycles. The summed E-state index contributed by atoms with van der Waals surface area (Å²) >= 11 is 0. The molecule has 464 valence electrons. The van der Waals surface area contributed by atoms with Crippen molar-refractivity contribution in [2.75, 3.05) is 9.80 Å². The quantitative estimate of drug-likeness (QED) is 0.134. The van der Waals surface area contributed by atoms with E-state index in [2.05, 4.69) is 367 Å². The highest BCUT2D eigenvalue weighted by atomic mass is 15.2. The number of rotatable bonds is 9. The molecule has 4 heterocycles. The van der Waals surface area contributed by atoms with Gasteiger partial charge >= 0.3 is 0 Å². The van der Waals surface area contributed by atoms with E-state index in [1.54, 1.807) is 0 Å². The number of para-hydroxylation sites is 2. The molecule has 0 N–H and O–H groups in total. The fraction of sp³-hybridized carbons (Fsp3) is 0.143. The van der Waals surface area contributed by atoms with Crippen LogP contribution in [0.25, 0.3) is 99.5 Å². The number of hydrogen-bond acceptors (Lipinski definition) is 2. The molecule has 17 rings (SSSR count). The first-order chi connectivity index (χ1) is 46.6. The molecule has 4 nitrogen and oxygen atoms in total. The lowest BCUT2D eigenvalue weighted by Gasteiger charge is -2.46. The van der Waals surface area contributed by atoms with Crippen molar-refractivity contribution in [3.8, 4) is 55.9 Å². The Bertz CT molecular complexity index is 5140. The summed E-state index contributed by atoms with van der Waals surface area (Å²) in [5, 5.41) is 4.99. The van der Waals surface area contributed by atoms with Gasteiger partial charge in [-0.1, -0.05) is 249 Å². The Hall–Kier alpha value is -10.9. The van der Waals surface area contributed by atoms with Crippen LogP contribution >= 0.6 is 0 Å². The van der Waals surface area contributed by atoms with E-state index in [-0.39, 0.29) is 23.5 Å². The molecule has 0 amide bonds. The zero-order valence-corrected chi connectivity index (χ0v) is 56.5. The Morgan fingerprint density at radius 2 is 0.646 bits per heavy atom. The molecule has 0 radical (unpaired) electrons. The van der Waals surface area contributed by atoms with Crippen molar-refractivity contribution in [1.29, 1.82) is 0 Å². The predicted octanol–water partition coefficient (Wildman–Crippen LogP) is 23.0. The summed E-state index contributed by atoms with van der Waals surface area (Å²) in [4.78, 5) is 5.46. The van der Waals surface area contributed by atoms with Gasteiger partial charge in [0.15, 0.2) is 0 Å². The highest BCUT2D eigenvalue weighted by Crippen LogP contribution is 2.55. The number of fused-ring (bicyclic) bond motifs is 10. The molecule has 0 atom stereocenters. The molecule has 0 bridgehead atoms. The maximum atomic E-state index is 2.73. The molecule has 15 aromatic rings. The van der Waals surface area contributed by atoms with E-state index in [1.165, 1.54) is 144 Å². The third kappa shape index (κ3) is 9.48. The number of benzene rings is 13. The van der Waals surface area contributed by atoms with Crippen LogP contribution in [0.4, 0.5) is 34.1 Å². The van der Waals surface area contributed by atoms with E-state index in [0.29, 0.717) is 0 Å². The Balaban J connectivity index is 1.06. The third-order valence-corrected chi connectivity index (χ3v) is 20.6. The van der Waals surface area contributed by atoms with E-state index in [1.807, 2.05) is 0 Å². The minimum absolute atomic E-state index is 0.146. The van der Waals surface area contributed by atoms with Gasteiger partial charge in [0, 0.05) is 77.9 Å². The first kappa shape index (κ1) is 58.9. The first-order valence-electron chi connectivity index (χ1n) is 34.2. The average molecular weight is 1240 g/mol. The van der Waals surface area contributed by atoms with Crippen molar-refractivity contribution >= 4 is 101 Å². The second kappa shape index (κ2) is 22.4. The Morgan fingerprint density at radius 3 is 0.990 bits per heavy atom. The largest absolute Gasteiger partial charge is 0.310 e. The van der Waals surface area contributed by atoms with Crippen molar-refractivity contribution in [3.05, 3.63) is 307 Å². The summed E-state index contributed by atoms with van der Waals surface area (Å²) in [6, 6.07) is 107. The van der Waals surface area contributed by atoms with Gasteiger partial charge in [-0.25, -0.2) is 0 Å². The molecule has 13 aromatic carbocycles. The maximum absolute atomic E-state index is 2.73. The van der Waals surface area contributed by atoms with Crippen LogP contribution in [0, 0.1) is 13.8 Å². The monoisotopic (exact) mass is 1240 g/mol. The Labute approximate surface area is 565 Å². The lowest BCUT2D eigenvalue weighted by molar-refractivity contribution is 0.590. The second-order valence-corrected chi connectivity index (χ2v) is 29.3. The van der Waals surface area contributed by atoms with Gasteiger partial charge in [-0.2, -0.15) is 0 Å². The smallest absolute Gasteiger partial charge is 0.252 e. The fourth-order valence-electron chi connectivity index (χ4n) is 15.8. The van der Waals surface area contributed by atoms with E-state index >= 15 is 0 Å². The van der Waals surface area contributed by atoms with E-state index in [0.717, 1.165) is 34.1 Å². The van der Waals surface area contributed by atoms with Gasteiger partial charge in [-0.05, 0) is 183 Å². The molecule has 5 heteroatoms. The Morgan fingerprint density at radius 1 is 0.312 bits per heavy atom. The maximum Gasteiger partial charge on any atom is 0.252 e. The zero-order chi connectivity index (χ0) is 65.5. The molecule has 0 aliphatic carbocycles. The molecule has 0 fully saturated rings. The van der Waals surface area contributed by atoms with Crippen LogP contribution in [0.5, 0.6) is 0 Å². The van der Waals surface area contributed by atoms with E-state index in [9.17, 15) is 0 Å². The number of aromatic nitrogens is 2. The molecule has 0 saturated heterocycles. The lowest BCUT2D eigenvalue weighted by Crippen LogP contribution is -2.61. The van der Waals surface area contributed by atoms with Crippen molar-refractivity contribution in [3.63, 3.8) is 0 Å². The van der Waals surface area contributed by atoms with Crippen LogP contribution in [-0.4, -0.2) is 15.8 Å². The third-order valence-electron chi connectivity index (χ3n) is 20.6. The van der Waals surface area contributed by atoms with Crippen molar-refractivity contribution in [1.82, 2.24) is 9.13 Å². The van der Waals surface area contributed by atoms with E-state index in [4.69, 9.17) is 0 Å². The van der Waals surface area contributed by atoms with Crippen molar-refractivity contribution in [2.24, 2.45) is 0 Å². The van der Waals surface area contributed by atoms with Crippen LogP contribution < -0.4 is 26.2 Å². The second-order valence-electron chi connectivity index (χ2n) is 29.3. The van der Waals surface area contributed by atoms with Gasteiger partial charge in [0.2, 0.25) is 0 Å². The van der Waals surface area contributed by atoms with Crippen LogP contribution in [-0.2, 0) is 10.8 Å². The number of nitrogens with zero attached hydrogens (tertiary/aromatic N) is 4. The summed E-state index contributed by atoms with van der Waals surface area (Å²) < 4.78 is 5.03.